The Morgan fingerprint density at radius 1 is 0.956 bits per heavy atom. The molecule has 1 aliphatic rings. The normalized spacial score (nSPS) is 17.4. The zero-order valence-corrected chi connectivity index (χ0v) is 26.4. The zero-order valence-electron chi connectivity index (χ0n) is 26.4. The van der Waals surface area contributed by atoms with E-state index in [1.807, 2.05) is 73.7 Å². The molecule has 3 atom stereocenters. The molecule has 0 saturated heterocycles. The van der Waals surface area contributed by atoms with Gasteiger partial charge in [-0.25, -0.2) is 0 Å². The number of benzene rings is 4. The molecule has 2 N–H and O–H groups in total. The third-order valence-electron chi connectivity index (χ3n) is 8.41. The molecule has 4 aromatic rings. The van der Waals surface area contributed by atoms with Crippen molar-refractivity contribution in [2.45, 2.75) is 45.4 Å². The van der Waals surface area contributed by atoms with Crippen LogP contribution in [0.4, 0.5) is 5.69 Å². The monoisotopic (exact) mass is 605 g/mol. The number of aliphatic hydroxyl groups is 1. The third-order valence-corrected chi connectivity index (χ3v) is 8.41. The number of rotatable bonds is 10. The molecule has 7 heteroatoms. The Morgan fingerprint density at radius 2 is 1.62 bits per heavy atom. The molecular weight excluding hydrogens is 562 g/mol. The van der Waals surface area contributed by atoms with Gasteiger partial charge >= 0.3 is 0 Å². The lowest BCUT2D eigenvalue weighted by atomic mass is 10.0. The highest BCUT2D eigenvalue weighted by molar-refractivity contribution is 5.92. The van der Waals surface area contributed by atoms with Crippen LogP contribution in [0.15, 0.2) is 103 Å². The van der Waals surface area contributed by atoms with Crippen LogP contribution in [0.2, 0.25) is 0 Å². The Hall–Kier alpha value is -4.46. The number of carbonyl (C=O) groups is 2. The van der Waals surface area contributed by atoms with Crippen LogP contribution in [-0.2, 0) is 29.0 Å². The highest BCUT2D eigenvalue weighted by Crippen LogP contribution is 2.29. The van der Waals surface area contributed by atoms with Gasteiger partial charge in [-0.15, -0.1) is 0 Å². The van der Waals surface area contributed by atoms with Gasteiger partial charge in [0.25, 0.3) is 0 Å². The smallest absolute Gasteiger partial charge is 0.228 e. The van der Waals surface area contributed by atoms with Crippen molar-refractivity contribution in [3.8, 4) is 16.9 Å². The lowest BCUT2D eigenvalue weighted by Gasteiger charge is -2.34. The fourth-order valence-corrected chi connectivity index (χ4v) is 5.83. The highest BCUT2D eigenvalue weighted by atomic mass is 16.5. The van der Waals surface area contributed by atoms with Crippen LogP contribution in [0.5, 0.6) is 5.75 Å². The highest BCUT2D eigenvalue weighted by Gasteiger charge is 2.31. The third kappa shape index (κ3) is 8.59. The maximum Gasteiger partial charge on any atom is 0.228 e. The van der Waals surface area contributed by atoms with Gasteiger partial charge in [0.15, 0.2) is 0 Å². The van der Waals surface area contributed by atoms with Gasteiger partial charge in [-0.3, -0.25) is 14.5 Å². The van der Waals surface area contributed by atoms with Gasteiger partial charge in [0, 0.05) is 36.8 Å². The summed E-state index contributed by atoms with van der Waals surface area (Å²) in [4.78, 5) is 30.4. The van der Waals surface area contributed by atoms with Gasteiger partial charge in [0.05, 0.1) is 25.5 Å². The predicted octanol–water partition coefficient (Wildman–Crippen LogP) is 5.82. The zero-order chi connectivity index (χ0) is 31.8. The summed E-state index contributed by atoms with van der Waals surface area (Å²) in [6.07, 6.45) is 0.163. The first kappa shape index (κ1) is 31.9. The molecule has 234 valence electrons. The fourth-order valence-electron chi connectivity index (χ4n) is 5.83. The van der Waals surface area contributed by atoms with Crippen LogP contribution >= 0.6 is 0 Å². The summed E-state index contributed by atoms with van der Waals surface area (Å²) in [7, 11) is 2.08. The number of hydrogen-bond acceptors (Lipinski definition) is 5. The van der Waals surface area contributed by atoms with Gasteiger partial charge < -0.3 is 20.1 Å². The van der Waals surface area contributed by atoms with E-state index in [1.54, 1.807) is 4.90 Å². The Bertz CT molecular complexity index is 1560. The van der Waals surface area contributed by atoms with E-state index >= 15 is 0 Å². The summed E-state index contributed by atoms with van der Waals surface area (Å²) in [6.45, 7) is 5.71. The van der Waals surface area contributed by atoms with Crippen LogP contribution in [0.1, 0.15) is 30.5 Å². The predicted molar refractivity (Wildman–Crippen MR) is 179 cm³/mol. The van der Waals surface area contributed by atoms with Crippen molar-refractivity contribution in [3.63, 3.8) is 0 Å². The summed E-state index contributed by atoms with van der Waals surface area (Å²) in [5.74, 6) is 0.438. The quantitative estimate of drug-likeness (QED) is 0.238. The Labute approximate surface area is 266 Å². The Morgan fingerprint density at radius 3 is 2.31 bits per heavy atom. The number of amides is 2. The molecule has 1 aliphatic heterocycles. The van der Waals surface area contributed by atoms with E-state index in [4.69, 9.17) is 4.74 Å². The molecule has 7 nitrogen and oxygen atoms in total. The van der Waals surface area contributed by atoms with Gasteiger partial charge in [-0.05, 0) is 54.4 Å². The van der Waals surface area contributed by atoms with Crippen molar-refractivity contribution >= 4 is 17.5 Å². The van der Waals surface area contributed by atoms with Crippen LogP contribution < -0.4 is 10.1 Å². The number of carbonyl (C=O) groups excluding carboxylic acids is 2. The van der Waals surface area contributed by atoms with E-state index in [0.29, 0.717) is 30.1 Å². The van der Waals surface area contributed by atoms with Crippen molar-refractivity contribution in [3.05, 3.63) is 120 Å². The molecule has 0 spiro atoms. The molecule has 0 aliphatic carbocycles. The van der Waals surface area contributed by atoms with Gasteiger partial charge in [0.2, 0.25) is 11.8 Å². The van der Waals surface area contributed by atoms with Crippen LogP contribution in [0.25, 0.3) is 11.1 Å². The summed E-state index contributed by atoms with van der Waals surface area (Å²) in [6, 6.07) is 33.8. The number of ether oxygens (including phenoxy) is 1. The summed E-state index contributed by atoms with van der Waals surface area (Å²) in [5, 5.41) is 12.9. The second-order valence-electron chi connectivity index (χ2n) is 12.2. The number of anilines is 1. The number of nitrogens with zero attached hydrogens (tertiary/aromatic N) is 2. The van der Waals surface area contributed by atoms with Gasteiger partial charge in [0.1, 0.15) is 11.9 Å². The summed E-state index contributed by atoms with van der Waals surface area (Å²) >= 11 is 0. The van der Waals surface area contributed by atoms with Crippen LogP contribution in [0.3, 0.4) is 0 Å². The molecule has 0 unspecified atom stereocenters. The largest absolute Gasteiger partial charge is 0.488 e. The standard InChI is InChI=1S/C38H43N3O4/c1-27-23-41(28(2)26-42)38(44)22-33-21-34(39-37(43)20-29-10-6-4-7-11-29)18-19-35(33)45-36(27)25-40(3)24-30-14-16-32(17-15-30)31-12-8-5-9-13-31/h4-19,21,27-28,36,42H,20,22-26H2,1-3H3,(H,39,43)/t27-,28-,36+/m1/s1. The van der Waals surface area contributed by atoms with Crippen molar-refractivity contribution in [1.29, 1.82) is 0 Å². The van der Waals surface area contributed by atoms with E-state index in [0.717, 1.165) is 12.1 Å². The molecule has 4 aromatic carbocycles. The van der Waals surface area contributed by atoms with E-state index in [-0.39, 0.29) is 49.3 Å². The molecule has 1 heterocycles. The first-order valence-electron chi connectivity index (χ1n) is 15.7. The molecule has 45 heavy (non-hydrogen) atoms. The van der Waals surface area contributed by atoms with Crippen LogP contribution in [0, 0.1) is 5.92 Å². The first-order valence-corrected chi connectivity index (χ1v) is 15.7. The molecule has 5 rings (SSSR count). The van der Waals surface area contributed by atoms with Crippen molar-refractivity contribution < 1.29 is 19.4 Å². The maximum atomic E-state index is 13.6. The first-order chi connectivity index (χ1) is 21.8. The van der Waals surface area contributed by atoms with E-state index < -0.39 is 0 Å². The van der Waals surface area contributed by atoms with Crippen molar-refractivity contribution in [1.82, 2.24) is 9.80 Å². The molecule has 2 amide bonds. The molecule has 0 fully saturated rings. The number of nitrogens with one attached hydrogen (secondary N) is 1. The van der Waals surface area contributed by atoms with Gasteiger partial charge in [-0.1, -0.05) is 91.9 Å². The minimum Gasteiger partial charge on any atom is -0.488 e. The lowest BCUT2D eigenvalue weighted by molar-refractivity contribution is -0.134. The molecule has 0 radical (unpaired) electrons. The molecule has 0 bridgehead atoms. The van der Waals surface area contributed by atoms with E-state index in [2.05, 4.69) is 60.6 Å². The summed E-state index contributed by atoms with van der Waals surface area (Å²) < 4.78 is 6.68. The van der Waals surface area contributed by atoms with Crippen LogP contribution in [-0.4, -0.2) is 65.6 Å². The average Bonchev–Trinajstić information content (AvgIpc) is 3.09. The molecular formula is C38H43N3O4. The minimum absolute atomic E-state index is 0.00191. The van der Waals surface area contributed by atoms with Crippen molar-refractivity contribution in [2.75, 3.05) is 32.1 Å². The fraction of sp³-hybridized carbons (Fsp3) is 0.316. The number of aliphatic hydroxyl groups excluding tert-OH is 1. The van der Waals surface area contributed by atoms with E-state index in [9.17, 15) is 14.7 Å². The summed E-state index contributed by atoms with van der Waals surface area (Å²) in [5.41, 5.74) is 5.84. The van der Waals surface area contributed by atoms with E-state index in [1.165, 1.54) is 16.7 Å². The SMILES string of the molecule is C[C@@H]1CN([C@H](C)CO)C(=O)Cc2cc(NC(=O)Cc3ccccc3)ccc2O[C@H]1CN(C)Cc1ccc(-c2ccccc2)cc1. The minimum atomic E-state index is -0.322. The maximum absolute atomic E-state index is 13.6. The number of fused-ring (bicyclic) bond motifs is 1. The molecule has 0 aromatic heterocycles. The Balaban J connectivity index is 1.33. The van der Waals surface area contributed by atoms with Crippen molar-refractivity contribution in [2.24, 2.45) is 5.92 Å². The van der Waals surface area contributed by atoms with Gasteiger partial charge in [-0.2, -0.15) is 0 Å². The number of likely N-dealkylation sites (N-methyl/N-ethyl adjacent to an activating group) is 1. The second kappa shape index (κ2) is 15.0. The lowest BCUT2D eigenvalue weighted by Crippen LogP contribution is -2.47. The second-order valence-corrected chi connectivity index (χ2v) is 12.2. The number of hydrogen-bond donors (Lipinski definition) is 2. The Kier molecular flexibility index (Phi) is 10.7. The molecule has 0 saturated carbocycles. The average molecular weight is 606 g/mol. The topological polar surface area (TPSA) is 82.1 Å².